The largest absolute Gasteiger partial charge is 0.462 e. The van der Waals surface area contributed by atoms with Gasteiger partial charge in [0.2, 0.25) is 0 Å². The van der Waals surface area contributed by atoms with Crippen molar-refractivity contribution in [3.05, 3.63) is 72.9 Å². The third-order valence-electron chi connectivity index (χ3n) is 13.7. The smallest absolute Gasteiger partial charge is 0.306 e. The van der Waals surface area contributed by atoms with Crippen molar-refractivity contribution in [2.75, 3.05) is 13.2 Å². The lowest BCUT2D eigenvalue weighted by Crippen LogP contribution is -2.30. The predicted octanol–water partition coefficient (Wildman–Crippen LogP) is 21.3. The first-order valence-electron chi connectivity index (χ1n) is 31.4. The number of carbonyl (C=O) groups excluding carboxylic acids is 3. The Morgan fingerprint density at radius 1 is 0.288 bits per heavy atom. The van der Waals surface area contributed by atoms with E-state index in [1.807, 2.05) is 0 Å². The number of hydrogen-bond donors (Lipinski definition) is 0. The van der Waals surface area contributed by atoms with Crippen LogP contribution in [0.1, 0.15) is 316 Å². The monoisotopic (exact) mass is 1020 g/mol. The lowest BCUT2D eigenvalue weighted by molar-refractivity contribution is -0.167. The minimum atomic E-state index is -0.786. The van der Waals surface area contributed by atoms with E-state index in [-0.39, 0.29) is 31.1 Å². The van der Waals surface area contributed by atoms with E-state index < -0.39 is 6.10 Å². The Bertz CT molecular complexity index is 1360. The molecule has 0 spiro atoms. The highest BCUT2D eigenvalue weighted by Gasteiger charge is 2.19. The van der Waals surface area contributed by atoms with E-state index in [1.165, 1.54) is 180 Å². The summed E-state index contributed by atoms with van der Waals surface area (Å²) in [5, 5.41) is 0. The van der Waals surface area contributed by atoms with Crippen LogP contribution in [-0.2, 0) is 28.6 Å². The maximum atomic E-state index is 12.9. The van der Waals surface area contributed by atoms with E-state index in [2.05, 4.69) is 93.7 Å². The van der Waals surface area contributed by atoms with Crippen molar-refractivity contribution < 1.29 is 28.6 Å². The van der Waals surface area contributed by atoms with Crippen LogP contribution in [0.15, 0.2) is 72.9 Å². The fourth-order valence-corrected chi connectivity index (χ4v) is 8.95. The molecule has 1 unspecified atom stereocenters. The SMILES string of the molecule is CC/C=C\C/C=C\C/C=C\CCCCCCCCCC(=O)OC(COC(=O)CCCCCCCCC/C=C\C/C=C\CCCCC)COC(=O)CCCCCCCCCCC/C=C\CCCCCCCCCC. The molecule has 0 N–H and O–H groups in total. The van der Waals surface area contributed by atoms with Gasteiger partial charge in [0.05, 0.1) is 0 Å². The van der Waals surface area contributed by atoms with E-state index in [0.717, 1.165) is 96.3 Å². The van der Waals surface area contributed by atoms with Gasteiger partial charge in [0.15, 0.2) is 6.10 Å². The molecule has 0 saturated carbocycles. The maximum Gasteiger partial charge on any atom is 0.306 e. The summed E-state index contributed by atoms with van der Waals surface area (Å²) in [6, 6.07) is 0. The Morgan fingerprint density at radius 3 is 0.877 bits per heavy atom. The van der Waals surface area contributed by atoms with Crippen molar-refractivity contribution >= 4 is 17.9 Å². The third kappa shape index (κ3) is 59.6. The molecule has 0 aliphatic heterocycles. The van der Waals surface area contributed by atoms with Crippen molar-refractivity contribution in [2.45, 2.75) is 322 Å². The Hall–Kier alpha value is -3.15. The second kappa shape index (κ2) is 61.4. The number of carbonyl (C=O) groups is 3. The van der Waals surface area contributed by atoms with Gasteiger partial charge in [-0.2, -0.15) is 0 Å². The highest BCUT2D eigenvalue weighted by Crippen LogP contribution is 2.16. The molecule has 6 heteroatoms. The summed E-state index contributed by atoms with van der Waals surface area (Å²) in [6.07, 6.45) is 79.0. The van der Waals surface area contributed by atoms with Crippen molar-refractivity contribution in [3.8, 4) is 0 Å². The molecule has 0 rings (SSSR count). The standard InChI is InChI=1S/C67H118O6/c1-4-7-10-13-16-19-22-25-28-31-32-33-34-37-39-42-45-48-51-54-57-60-66(69)72-63-64(73-67(70)61-58-55-52-49-46-43-40-36-30-27-24-21-18-15-12-9-6-3)62-71-65(68)59-56-53-50-47-44-41-38-35-29-26-23-20-17-14-11-8-5-2/h9,12,17-18,20-21,26-27,29-32,64H,4-8,10-11,13-16,19,22-25,28,33-63H2,1-3H3/b12-9-,20-17-,21-18-,29-26-,30-27-,32-31-. The van der Waals surface area contributed by atoms with Gasteiger partial charge >= 0.3 is 17.9 Å². The summed E-state index contributed by atoms with van der Waals surface area (Å²) in [5.74, 6) is -0.889. The molecule has 0 fully saturated rings. The fraction of sp³-hybridized carbons (Fsp3) is 0.776. The zero-order valence-electron chi connectivity index (χ0n) is 48.4. The molecule has 0 bridgehead atoms. The summed E-state index contributed by atoms with van der Waals surface area (Å²) in [4.78, 5) is 38.3. The van der Waals surface area contributed by atoms with Crippen LogP contribution < -0.4 is 0 Å². The van der Waals surface area contributed by atoms with Crippen molar-refractivity contribution in [1.29, 1.82) is 0 Å². The highest BCUT2D eigenvalue weighted by molar-refractivity contribution is 5.71. The summed E-state index contributed by atoms with van der Waals surface area (Å²) < 4.78 is 16.9. The van der Waals surface area contributed by atoms with Gasteiger partial charge in [-0.1, -0.05) is 261 Å². The second-order valence-corrected chi connectivity index (χ2v) is 20.9. The molecule has 0 amide bonds. The Labute approximate surface area is 453 Å². The van der Waals surface area contributed by atoms with Crippen LogP contribution in [0.5, 0.6) is 0 Å². The van der Waals surface area contributed by atoms with Crippen LogP contribution in [0.2, 0.25) is 0 Å². The molecule has 6 nitrogen and oxygen atoms in total. The molecule has 0 radical (unpaired) electrons. The van der Waals surface area contributed by atoms with Crippen LogP contribution in [0, 0.1) is 0 Å². The van der Waals surface area contributed by atoms with Crippen molar-refractivity contribution in [1.82, 2.24) is 0 Å². The second-order valence-electron chi connectivity index (χ2n) is 20.9. The average molecular weight is 1020 g/mol. The summed E-state index contributed by atoms with van der Waals surface area (Å²) in [7, 11) is 0. The van der Waals surface area contributed by atoms with Crippen LogP contribution in [0.3, 0.4) is 0 Å². The van der Waals surface area contributed by atoms with Gasteiger partial charge in [-0.3, -0.25) is 14.4 Å². The summed E-state index contributed by atoms with van der Waals surface area (Å²) >= 11 is 0. The molecule has 0 aliphatic carbocycles. The lowest BCUT2D eigenvalue weighted by atomic mass is 10.1. The number of unbranched alkanes of at least 4 members (excludes halogenated alkanes) is 34. The van der Waals surface area contributed by atoms with E-state index in [9.17, 15) is 14.4 Å². The molecular weight excluding hydrogens is 901 g/mol. The van der Waals surface area contributed by atoms with Gasteiger partial charge in [0.25, 0.3) is 0 Å². The number of allylic oxidation sites excluding steroid dienone is 12. The Balaban J connectivity index is 4.37. The van der Waals surface area contributed by atoms with E-state index in [1.54, 1.807) is 0 Å². The molecular formula is C67H118O6. The first kappa shape index (κ1) is 69.8. The van der Waals surface area contributed by atoms with E-state index >= 15 is 0 Å². The minimum absolute atomic E-state index is 0.0819. The predicted molar refractivity (Wildman–Crippen MR) is 316 cm³/mol. The normalized spacial score (nSPS) is 12.5. The van der Waals surface area contributed by atoms with Crippen LogP contribution in [0.25, 0.3) is 0 Å². The molecule has 0 aromatic rings. The molecule has 0 aromatic heterocycles. The first-order chi connectivity index (χ1) is 36.0. The van der Waals surface area contributed by atoms with Crippen LogP contribution in [-0.4, -0.2) is 37.2 Å². The first-order valence-corrected chi connectivity index (χ1v) is 31.4. The average Bonchev–Trinajstić information content (AvgIpc) is 3.39. The van der Waals surface area contributed by atoms with Gasteiger partial charge in [-0.15, -0.1) is 0 Å². The summed E-state index contributed by atoms with van der Waals surface area (Å²) in [5.41, 5.74) is 0. The number of ether oxygens (including phenoxy) is 3. The molecule has 0 saturated heterocycles. The van der Waals surface area contributed by atoms with Crippen LogP contribution >= 0.6 is 0 Å². The molecule has 422 valence electrons. The Kier molecular flexibility index (Phi) is 58.7. The number of esters is 3. The van der Waals surface area contributed by atoms with Gasteiger partial charge < -0.3 is 14.2 Å². The summed E-state index contributed by atoms with van der Waals surface area (Å²) in [6.45, 7) is 6.52. The number of hydrogen-bond acceptors (Lipinski definition) is 6. The Morgan fingerprint density at radius 2 is 0.534 bits per heavy atom. The van der Waals surface area contributed by atoms with E-state index in [4.69, 9.17) is 14.2 Å². The van der Waals surface area contributed by atoms with Crippen molar-refractivity contribution in [2.24, 2.45) is 0 Å². The quantitative estimate of drug-likeness (QED) is 0.0261. The van der Waals surface area contributed by atoms with E-state index in [0.29, 0.717) is 19.3 Å². The zero-order valence-corrected chi connectivity index (χ0v) is 48.4. The van der Waals surface area contributed by atoms with Gasteiger partial charge in [-0.25, -0.2) is 0 Å². The van der Waals surface area contributed by atoms with Gasteiger partial charge in [0, 0.05) is 19.3 Å². The zero-order chi connectivity index (χ0) is 52.9. The molecule has 73 heavy (non-hydrogen) atoms. The number of rotatable bonds is 57. The maximum absolute atomic E-state index is 12.9. The fourth-order valence-electron chi connectivity index (χ4n) is 8.95. The van der Waals surface area contributed by atoms with Gasteiger partial charge in [0.1, 0.15) is 13.2 Å². The van der Waals surface area contributed by atoms with Gasteiger partial charge in [-0.05, 0) is 109 Å². The molecule has 0 aromatic carbocycles. The lowest BCUT2D eigenvalue weighted by Gasteiger charge is -2.18. The van der Waals surface area contributed by atoms with Crippen molar-refractivity contribution in [3.63, 3.8) is 0 Å². The topological polar surface area (TPSA) is 78.9 Å². The molecule has 0 heterocycles. The minimum Gasteiger partial charge on any atom is -0.462 e. The molecule has 1 atom stereocenters. The van der Waals surface area contributed by atoms with Crippen LogP contribution in [0.4, 0.5) is 0 Å². The highest BCUT2D eigenvalue weighted by atomic mass is 16.6. The third-order valence-corrected chi connectivity index (χ3v) is 13.7. The molecule has 0 aliphatic rings.